The molecule has 0 unspecified atom stereocenters. The van der Waals surface area contributed by atoms with Crippen LogP contribution in [0.4, 0.5) is 11.4 Å². The Balaban J connectivity index is 1.48. The maximum absolute atomic E-state index is 14.8. The summed E-state index contributed by atoms with van der Waals surface area (Å²) in [5.41, 5.74) is 7.54. The molecule has 6 rings (SSSR count). The van der Waals surface area contributed by atoms with E-state index in [1.807, 2.05) is 18.2 Å². The van der Waals surface area contributed by atoms with E-state index in [0.29, 0.717) is 30.7 Å². The highest BCUT2D eigenvalue weighted by atomic mass is 79.9. The number of sulfone groups is 1. The normalized spacial score (nSPS) is 19.5. The first-order valence-electron chi connectivity index (χ1n) is 19.6. The van der Waals surface area contributed by atoms with Crippen LogP contribution in [-0.2, 0) is 30.8 Å². The number of halogens is 2. The van der Waals surface area contributed by atoms with Crippen LogP contribution in [0.1, 0.15) is 97.1 Å². The van der Waals surface area contributed by atoms with E-state index in [2.05, 4.69) is 125 Å². The van der Waals surface area contributed by atoms with Crippen molar-refractivity contribution in [3.8, 4) is 0 Å². The van der Waals surface area contributed by atoms with Crippen LogP contribution < -0.4 is 4.90 Å². The SMILES string of the molecule is CCCCC[N+]1=C(/C=C/C2=C(S(=O)(=O)c3ccccc3)C(=C/C=C3/N(CCCCS(=O)(=O)[O-])c4ccc(Br)cc4C3(C)C)/CCC2)C(C)(C)c2cc(Br)ccc21. The molecule has 2 aliphatic heterocycles. The molecule has 298 valence electrons. The average molecular weight is 925 g/mol. The Bertz CT molecular complexity index is 2370. The molecule has 7 nitrogen and oxygen atoms in total. The first-order valence-corrected chi connectivity index (χ1v) is 24.2. The van der Waals surface area contributed by atoms with Gasteiger partial charge in [0.2, 0.25) is 15.5 Å². The van der Waals surface area contributed by atoms with E-state index in [-0.39, 0.29) is 16.7 Å². The van der Waals surface area contributed by atoms with Crippen molar-refractivity contribution in [3.63, 3.8) is 0 Å². The van der Waals surface area contributed by atoms with Gasteiger partial charge in [-0.2, -0.15) is 4.58 Å². The maximum Gasteiger partial charge on any atom is 0.209 e. The monoisotopic (exact) mass is 922 g/mol. The fraction of sp³-hybridized carbons (Fsp3) is 0.400. The number of fused-ring (bicyclic) bond motifs is 2. The van der Waals surface area contributed by atoms with Gasteiger partial charge < -0.3 is 9.45 Å². The third kappa shape index (κ3) is 8.82. The van der Waals surface area contributed by atoms with Gasteiger partial charge in [-0.25, -0.2) is 16.8 Å². The van der Waals surface area contributed by atoms with Gasteiger partial charge in [-0.15, -0.1) is 0 Å². The van der Waals surface area contributed by atoms with Gasteiger partial charge in [-0.3, -0.25) is 0 Å². The molecular formula is C45H52Br2N2O5S2. The first-order chi connectivity index (χ1) is 26.5. The summed E-state index contributed by atoms with van der Waals surface area (Å²) in [7, 11) is -8.22. The molecule has 0 N–H and O–H groups in total. The Morgan fingerprint density at radius 1 is 0.804 bits per heavy atom. The van der Waals surface area contributed by atoms with Crippen LogP contribution in [-0.4, -0.2) is 50.5 Å². The van der Waals surface area contributed by atoms with E-state index in [9.17, 15) is 21.4 Å². The molecule has 11 heteroatoms. The molecule has 3 aliphatic rings. The lowest BCUT2D eigenvalue weighted by Gasteiger charge is -2.28. The summed E-state index contributed by atoms with van der Waals surface area (Å²) in [6.07, 6.45) is 14.4. The summed E-state index contributed by atoms with van der Waals surface area (Å²) < 4.78 is 68.1. The summed E-state index contributed by atoms with van der Waals surface area (Å²) in [6, 6.07) is 21.3. The Morgan fingerprint density at radius 3 is 2.20 bits per heavy atom. The molecule has 3 aromatic rings. The molecule has 0 atom stereocenters. The molecular weight excluding hydrogens is 872 g/mol. The zero-order valence-corrected chi connectivity index (χ0v) is 37.8. The minimum Gasteiger partial charge on any atom is -0.748 e. The van der Waals surface area contributed by atoms with Crippen molar-refractivity contribution in [1.29, 1.82) is 0 Å². The van der Waals surface area contributed by atoms with Crippen molar-refractivity contribution >= 4 is 68.9 Å². The van der Waals surface area contributed by atoms with Crippen molar-refractivity contribution in [3.05, 3.63) is 133 Å². The predicted octanol–water partition coefficient (Wildman–Crippen LogP) is 11.2. The summed E-state index contributed by atoms with van der Waals surface area (Å²) in [5.74, 6) is -0.404. The van der Waals surface area contributed by atoms with Gasteiger partial charge in [-0.1, -0.05) is 89.4 Å². The molecule has 0 bridgehead atoms. The van der Waals surface area contributed by atoms with E-state index in [1.54, 1.807) is 24.3 Å². The standard InChI is InChI=1S/C45H52Br2N2O5S2/c1-6-7-11-27-48-39-23-21-34(46)30-37(39)44(2,3)41(48)25-19-32-15-14-16-33(43(32)56(53,54)36-17-9-8-10-18-36)20-26-42-45(4,5)38-31-35(47)22-24-40(38)49(42)28-12-13-29-55(50,51)52/h8-10,17-26,30-31H,6-7,11-16,27-29H2,1-5H3. The number of benzene rings is 3. The lowest BCUT2D eigenvalue weighted by molar-refractivity contribution is -0.438. The predicted molar refractivity (Wildman–Crippen MR) is 235 cm³/mol. The Hall–Kier alpha value is -3.09. The fourth-order valence-electron chi connectivity index (χ4n) is 8.49. The minimum atomic E-state index is -4.31. The highest BCUT2D eigenvalue weighted by Gasteiger charge is 2.44. The number of rotatable bonds is 14. The van der Waals surface area contributed by atoms with Crippen molar-refractivity contribution in [2.75, 3.05) is 23.7 Å². The van der Waals surface area contributed by atoms with Gasteiger partial charge in [0.25, 0.3) is 0 Å². The molecule has 0 radical (unpaired) electrons. The number of hydrogen-bond donors (Lipinski definition) is 0. The highest BCUT2D eigenvalue weighted by Crippen LogP contribution is 2.49. The first kappa shape index (κ1) is 42.5. The molecule has 0 spiro atoms. The Kier molecular flexibility index (Phi) is 12.9. The molecule has 1 aliphatic carbocycles. The second-order valence-electron chi connectivity index (χ2n) is 16.0. The van der Waals surface area contributed by atoms with Crippen LogP contribution in [0.3, 0.4) is 0 Å². The van der Waals surface area contributed by atoms with Crippen molar-refractivity contribution in [2.24, 2.45) is 0 Å². The Morgan fingerprint density at radius 2 is 1.50 bits per heavy atom. The number of hydrogen-bond acceptors (Lipinski definition) is 6. The quantitative estimate of drug-likeness (QED) is 0.0907. The van der Waals surface area contributed by atoms with Gasteiger partial charge in [0.15, 0.2) is 5.71 Å². The van der Waals surface area contributed by atoms with Crippen molar-refractivity contribution < 1.29 is 26.0 Å². The minimum absolute atomic E-state index is 0.259. The lowest BCUT2D eigenvalue weighted by Crippen LogP contribution is -2.28. The van der Waals surface area contributed by atoms with Crippen LogP contribution in [0, 0.1) is 0 Å². The van der Waals surface area contributed by atoms with E-state index in [0.717, 1.165) is 75.0 Å². The zero-order chi connectivity index (χ0) is 40.5. The molecule has 0 saturated carbocycles. The van der Waals surface area contributed by atoms with Gasteiger partial charge in [0, 0.05) is 62.2 Å². The van der Waals surface area contributed by atoms with Gasteiger partial charge >= 0.3 is 0 Å². The van der Waals surface area contributed by atoms with Gasteiger partial charge in [0.1, 0.15) is 6.54 Å². The molecule has 0 fully saturated rings. The topological polar surface area (TPSA) is 97.6 Å². The molecule has 3 aromatic carbocycles. The highest BCUT2D eigenvalue weighted by molar-refractivity contribution is 9.10. The summed E-state index contributed by atoms with van der Waals surface area (Å²) in [4.78, 5) is 2.82. The Labute approximate surface area is 350 Å². The van der Waals surface area contributed by atoms with Crippen molar-refractivity contribution in [2.45, 2.75) is 102 Å². The van der Waals surface area contributed by atoms with Crippen LogP contribution in [0.15, 0.2) is 127 Å². The molecule has 0 saturated heterocycles. The second kappa shape index (κ2) is 17.0. The van der Waals surface area contributed by atoms with Gasteiger partial charge in [0.05, 0.1) is 25.3 Å². The van der Waals surface area contributed by atoms with Gasteiger partial charge in [-0.05, 0) is 118 Å². The second-order valence-corrected chi connectivity index (χ2v) is 21.3. The van der Waals surface area contributed by atoms with Crippen LogP contribution >= 0.6 is 31.9 Å². The van der Waals surface area contributed by atoms with E-state index in [1.165, 1.54) is 11.3 Å². The molecule has 0 amide bonds. The van der Waals surface area contributed by atoms with Crippen LogP contribution in [0.25, 0.3) is 0 Å². The van der Waals surface area contributed by atoms with E-state index >= 15 is 0 Å². The maximum atomic E-state index is 14.8. The third-order valence-corrected chi connectivity index (χ3v) is 15.1. The van der Waals surface area contributed by atoms with E-state index < -0.39 is 31.1 Å². The van der Waals surface area contributed by atoms with Crippen LogP contribution in [0.5, 0.6) is 0 Å². The summed E-state index contributed by atoms with van der Waals surface area (Å²) in [6.45, 7) is 12.4. The number of unbranched alkanes of at least 4 members (excludes halogenated alkanes) is 3. The molecule has 56 heavy (non-hydrogen) atoms. The van der Waals surface area contributed by atoms with Crippen LogP contribution in [0.2, 0.25) is 0 Å². The largest absolute Gasteiger partial charge is 0.748 e. The lowest BCUT2D eigenvalue weighted by atomic mass is 9.81. The van der Waals surface area contributed by atoms with Crippen molar-refractivity contribution in [1.82, 2.24) is 0 Å². The number of allylic oxidation sites excluding steroid dienone is 7. The fourth-order valence-corrected chi connectivity index (χ4v) is 11.5. The third-order valence-electron chi connectivity index (χ3n) is 11.4. The zero-order valence-electron chi connectivity index (χ0n) is 32.9. The summed E-state index contributed by atoms with van der Waals surface area (Å²) >= 11 is 7.34. The average Bonchev–Trinajstić information content (AvgIpc) is 3.48. The smallest absolute Gasteiger partial charge is 0.209 e. The summed E-state index contributed by atoms with van der Waals surface area (Å²) in [5, 5.41) is 0. The number of nitrogens with zero attached hydrogens (tertiary/aromatic N) is 2. The molecule has 2 heterocycles. The molecule has 0 aromatic heterocycles. The number of anilines is 1. The van der Waals surface area contributed by atoms with E-state index in [4.69, 9.17) is 0 Å².